The van der Waals surface area contributed by atoms with Gasteiger partial charge in [-0.25, -0.2) is 9.07 Å². The van der Waals surface area contributed by atoms with Gasteiger partial charge in [0.25, 0.3) is 0 Å². The predicted molar refractivity (Wildman–Crippen MR) is 160 cm³/mol. The summed E-state index contributed by atoms with van der Waals surface area (Å²) >= 11 is 1.45. The molecule has 0 fully saturated rings. The van der Waals surface area contributed by atoms with Crippen molar-refractivity contribution in [2.24, 2.45) is 0 Å². The Morgan fingerprint density at radius 1 is 1.15 bits per heavy atom. The first-order chi connectivity index (χ1) is 19.4. The number of carbonyl (C=O) groups excluding carboxylic acids is 2. The van der Waals surface area contributed by atoms with Crippen molar-refractivity contribution in [3.05, 3.63) is 65.1 Å². The lowest BCUT2D eigenvalue weighted by molar-refractivity contribution is -0.122. The summed E-state index contributed by atoms with van der Waals surface area (Å²) in [5.74, 6) is 1.01. The number of anilines is 1. The molecule has 1 aliphatic heterocycles. The molecule has 2 aromatic carbocycles. The molecule has 1 aromatic heterocycles. The minimum atomic E-state index is -0.437. The van der Waals surface area contributed by atoms with Gasteiger partial charge in [0.1, 0.15) is 29.7 Å². The summed E-state index contributed by atoms with van der Waals surface area (Å²) in [5.41, 5.74) is 2.52. The monoisotopic (exact) mass is 583 g/mol. The highest BCUT2D eigenvalue weighted by atomic mass is 32.2. The Bertz CT molecular complexity index is 1400. The summed E-state index contributed by atoms with van der Waals surface area (Å²) in [6, 6.07) is 11.5. The number of hydrogen-bond acceptors (Lipinski definition) is 7. The Morgan fingerprint density at radius 2 is 1.85 bits per heavy atom. The average Bonchev–Trinajstić information content (AvgIpc) is 3.26. The molecule has 4 rings (SSSR count). The number of nitrogens with zero attached hydrogens (tertiary/aromatic N) is 4. The molecule has 220 valence electrons. The van der Waals surface area contributed by atoms with Crippen molar-refractivity contribution in [2.75, 3.05) is 58.6 Å². The van der Waals surface area contributed by atoms with E-state index < -0.39 is 5.41 Å². The van der Waals surface area contributed by atoms with Crippen LogP contribution in [-0.4, -0.2) is 80.2 Å². The second-order valence-electron chi connectivity index (χ2n) is 11.2. The van der Waals surface area contributed by atoms with E-state index >= 15 is 0 Å². The highest BCUT2D eigenvalue weighted by Gasteiger charge is 2.40. The Balaban J connectivity index is 1.97. The summed E-state index contributed by atoms with van der Waals surface area (Å²) in [5, 5.41) is 7.58. The minimum absolute atomic E-state index is 0.123. The van der Waals surface area contributed by atoms with E-state index in [0.29, 0.717) is 36.1 Å². The topological polar surface area (TPSA) is 88.9 Å². The highest BCUT2D eigenvalue weighted by Crippen LogP contribution is 2.50. The summed E-state index contributed by atoms with van der Waals surface area (Å²) < 4.78 is 26.9. The van der Waals surface area contributed by atoms with Gasteiger partial charge in [0.15, 0.2) is 0 Å². The number of hydrogen-bond donors (Lipinski definition) is 1. The largest absolute Gasteiger partial charge is 0.497 e. The molecule has 0 unspecified atom stereocenters. The van der Waals surface area contributed by atoms with E-state index in [1.807, 2.05) is 37.2 Å². The first kappa shape index (κ1) is 30.4. The Hall–Kier alpha value is -3.57. The molecule has 0 spiro atoms. The van der Waals surface area contributed by atoms with E-state index in [-0.39, 0.29) is 35.2 Å². The molecule has 0 bridgehead atoms. The molecule has 0 saturated heterocycles. The fraction of sp³-hybridized carbons (Fsp3) is 0.433. The number of likely N-dealkylation sites (N-methyl/N-ethyl adjacent to an activating group) is 1. The standard InChI is InChI=1S/C30H38FN5O4S/c1-30(2,3)28-26-27(22-16-21(39-6)12-13-23(22)40-7)41-18-25(38)35(17-24(37)32-14-15-34(4)5)29(26)36(33-28)20-10-8-19(31)9-11-20/h8-13,16,27H,14-15,17-18H2,1-7H3,(H,32,37)/t27-/m0/s1. The van der Waals surface area contributed by atoms with Crippen LogP contribution in [0.15, 0.2) is 42.5 Å². The zero-order chi connectivity index (χ0) is 29.9. The van der Waals surface area contributed by atoms with E-state index in [2.05, 4.69) is 26.1 Å². The zero-order valence-electron chi connectivity index (χ0n) is 24.7. The van der Waals surface area contributed by atoms with Crippen molar-refractivity contribution in [2.45, 2.75) is 31.4 Å². The van der Waals surface area contributed by atoms with Gasteiger partial charge in [0, 0.05) is 29.6 Å². The maximum Gasteiger partial charge on any atom is 0.240 e. The number of carbonyl (C=O) groups is 2. The lowest BCUT2D eigenvalue weighted by Gasteiger charge is -2.25. The number of ether oxygens (including phenoxy) is 2. The van der Waals surface area contributed by atoms with Gasteiger partial charge in [0.05, 0.1) is 36.6 Å². The van der Waals surface area contributed by atoms with Crippen molar-refractivity contribution in [3.63, 3.8) is 0 Å². The van der Waals surface area contributed by atoms with Crippen molar-refractivity contribution >= 4 is 29.4 Å². The normalized spacial score (nSPS) is 15.5. The molecular formula is C30H38FN5O4S. The highest BCUT2D eigenvalue weighted by molar-refractivity contribution is 8.00. The van der Waals surface area contributed by atoms with E-state index in [4.69, 9.17) is 14.6 Å². The summed E-state index contributed by atoms with van der Waals surface area (Å²) in [6.45, 7) is 7.10. The number of fused-ring (bicyclic) bond motifs is 1. The van der Waals surface area contributed by atoms with Gasteiger partial charge in [-0.3, -0.25) is 14.5 Å². The fourth-order valence-corrected chi connectivity index (χ4v) is 5.96. The second kappa shape index (κ2) is 12.5. The van der Waals surface area contributed by atoms with Crippen molar-refractivity contribution < 1.29 is 23.5 Å². The van der Waals surface area contributed by atoms with Crippen LogP contribution < -0.4 is 19.7 Å². The molecule has 0 aliphatic carbocycles. The fourth-order valence-electron chi connectivity index (χ4n) is 4.74. The molecule has 2 amide bonds. The van der Waals surface area contributed by atoms with Crippen LogP contribution in [0.25, 0.3) is 5.69 Å². The molecule has 41 heavy (non-hydrogen) atoms. The number of benzene rings is 2. The molecular weight excluding hydrogens is 545 g/mol. The van der Waals surface area contributed by atoms with Crippen LogP contribution in [0.3, 0.4) is 0 Å². The first-order valence-electron chi connectivity index (χ1n) is 13.4. The number of halogens is 1. The Kier molecular flexibility index (Phi) is 9.28. The minimum Gasteiger partial charge on any atom is -0.497 e. The van der Waals surface area contributed by atoms with Gasteiger partial charge in [-0.15, -0.1) is 11.8 Å². The van der Waals surface area contributed by atoms with E-state index in [1.54, 1.807) is 31.0 Å². The van der Waals surface area contributed by atoms with Crippen LogP contribution in [0.4, 0.5) is 10.2 Å². The van der Waals surface area contributed by atoms with Gasteiger partial charge >= 0.3 is 0 Å². The van der Waals surface area contributed by atoms with Crippen LogP contribution in [0.2, 0.25) is 0 Å². The van der Waals surface area contributed by atoms with Crippen molar-refractivity contribution in [1.29, 1.82) is 0 Å². The third-order valence-corrected chi connectivity index (χ3v) is 8.01. The van der Waals surface area contributed by atoms with Gasteiger partial charge in [-0.1, -0.05) is 20.8 Å². The summed E-state index contributed by atoms with van der Waals surface area (Å²) in [6.07, 6.45) is 0. The molecule has 1 N–H and O–H groups in total. The van der Waals surface area contributed by atoms with E-state index in [9.17, 15) is 14.0 Å². The van der Waals surface area contributed by atoms with E-state index in [0.717, 1.165) is 16.8 Å². The number of nitrogens with one attached hydrogen (secondary N) is 1. The number of aromatic nitrogens is 2. The second-order valence-corrected chi connectivity index (χ2v) is 12.2. The SMILES string of the molecule is COc1ccc(OC)c([C@@H]2SCC(=O)N(CC(=O)NCCN(C)C)c3c2c(C(C)(C)C)nn3-c2ccc(F)cc2)c1. The van der Waals surface area contributed by atoms with Gasteiger partial charge in [-0.2, -0.15) is 5.10 Å². The van der Waals surface area contributed by atoms with Gasteiger partial charge < -0.3 is 19.7 Å². The number of amides is 2. The summed E-state index contributed by atoms with van der Waals surface area (Å²) in [7, 11) is 7.06. The lowest BCUT2D eigenvalue weighted by Crippen LogP contribution is -2.43. The van der Waals surface area contributed by atoms with Gasteiger partial charge in [-0.05, 0) is 56.6 Å². The molecule has 0 radical (unpaired) electrons. The third kappa shape index (κ3) is 6.68. The third-order valence-electron chi connectivity index (χ3n) is 6.77. The van der Waals surface area contributed by atoms with Crippen LogP contribution in [0.1, 0.15) is 42.8 Å². The quantitative estimate of drug-likeness (QED) is 0.405. The van der Waals surface area contributed by atoms with Crippen molar-refractivity contribution in [3.8, 4) is 17.2 Å². The van der Waals surface area contributed by atoms with Crippen molar-refractivity contribution in [1.82, 2.24) is 20.0 Å². The van der Waals surface area contributed by atoms with Crippen LogP contribution in [0, 0.1) is 5.82 Å². The molecule has 3 aromatic rings. The van der Waals surface area contributed by atoms with Crippen LogP contribution in [-0.2, 0) is 15.0 Å². The molecule has 2 heterocycles. The molecule has 1 aliphatic rings. The predicted octanol–water partition coefficient (Wildman–Crippen LogP) is 4.17. The Labute approximate surface area is 245 Å². The number of methoxy groups -OCH3 is 2. The number of rotatable bonds is 9. The molecule has 1 atom stereocenters. The van der Waals surface area contributed by atoms with E-state index in [1.165, 1.54) is 28.8 Å². The zero-order valence-corrected chi connectivity index (χ0v) is 25.5. The smallest absolute Gasteiger partial charge is 0.240 e. The number of thioether (sulfide) groups is 1. The molecule has 11 heteroatoms. The lowest BCUT2D eigenvalue weighted by atomic mass is 9.87. The van der Waals surface area contributed by atoms with Crippen LogP contribution >= 0.6 is 11.8 Å². The van der Waals surface area contributed by atoms with Gasteiger partial charge in [0.2, 0.25) is 11.8 Å². The first-order valence-corrected chi connectivity index (χ1v) is 14.4. The summed E-state index contributed by atoms with van der Waals surface area (Å²) in [4.78, 5) is 30.4. The maximum atomic E-state index is 13.9. The van der Waals surface area contributed by atoms with Crippen LogP contribution in [0.5, 0.6) is 11.5 Å². The molecule has 0 saturated carbocycles. The Morgan fingerprint density at radius 3 is 2.46 bits per heavy atom. The average molecular weight is 584 g/mol. The maximum absolute atomic E-state index is 13.9. The molecule has 9 nitrogen and oxygen atoms in total.